The van der Waals surface area contributed by atoms with Gasteiger partial charge in [-0.1, -0.05) is 0 Å². The van der Waals surface area contributed by atoms with Crippen LogP contribution in [0.2, 0.25) is 0 Å². The maximum absolute atomic E-state index is 4.44. The highest BCUT2D eigenvalue weighted by molar-refractivity contribution is 4.93. The van der Waals surface area contributed by atoms with Gasteiger partial charge in [0, 0.05) is 18.6 Å². The van der Waals surface area contributed by atoms with Crippen LogP contribution in [0.4, 0.5) is 0 Å². The van der Waals surface area contributed by atoms with Crippen molar-refractivity contribution in [1.82, 2.24) is 25.0 Å². The highest BCUT2D eigenvalue weighted by Crippen LogP contribution is 2.33. The topological polar surface area (TPSA) is 46.0 Å². The molecule has 0 spiro atoms. The molecule has 2 fully saturated rings. The number of hydrogen-bond acceptors (Lipinski definition) is 4. The van der Waals surface area contributed by atoms with Crippen molar-refractivity contribution in [1.29, 1.82) is 0 Å². The Morgan fingerprint density at radius 3 is 3.00 bits per heavy atom. The van der Waals surface area contributed by atoms with Crippen molar-refractivity contribution < 1.29 is 0 Å². The average Bonchev–Trinajstić information content (AvgIpc) is 3.14. The summed E-state index contributed by atoms with van der Waals surface area (Å²) in [7, 11) is 0. The second kappa shape index (κ2) is 5.59. The molecule has 1 atom stereocenters. The fourth-order valence-corrected chi connectivity index (χ4v) is 3.00. The molecular weight excluding hydrogens is 238 g/mol. The van der Waals surface area contributed by atoms with Crippen molar-refractivity contribution in [3.63, 3.8) is 0 Å². The highest BCUT2D eigenvalue weighted by Gasteiger charge is 2.33. The molecule has 1 N–H and O–H groups in total. The zero-order chi connectivity index (χ0) is 13.2. The van der Waals surface area contributed by atoms with Crippen LogP contribution in [0.5, 0.6) is 0 Å². The Bertz CT molecular complexity index is 410. The third kappa shape index (κ3) is 3.15. The summed E-state index contributed by atoms with van der Waals surface area (Å²) in [6, 6.07) is 1.08. The predicted octanol–water partition coefficient (Wildman–Crippen LogP) is 1.43. The summed E-state index contributed by atoms with van der Waals surface area (Å²) >= 11 is 0. The first-order valence-electron chi connectivity index (χ1n) is 7.58. The van der Waals surface area contributed by atoms with Crippen molar-refractivity contribution in [2.24, 2.45) is 5.92 Å². The van der Waals surface area contributed by atoms with Gasteiger partial charge < -0.3 is 5.32 Å². The first-order chi connectivity index (χ1) is 9.24. The van der Waals surface area contributed by atoms with E-state index < -0.39 is 0 Å². The standard InChI is InChI=1S/C14H25N5/c1-11(2)19-14(16-10-17-19)9-18-7-3-6-15-13(8-18)12-4-5-12/h10-13,15H,3-9H2,1-2H3. The van der Waals surface area contributed by atoms with Crippen molar-refractivity contribution in [3.8, 4) is 0 Å². The Morgan fingerprint density at radius 2 is 2.26 bits per heavy atom. The summed E-state index contributed by atoms with van der Waals surface area (Å²) in [6.07, 6.45) is 5.74. The van der Waals surface area contributed by atoms with Gasteiger partial charge in [-0.3, -0.25) is 4.90 Å². The van der Waals surface area contributed by atoms with E-state index in [1.807, 2.05) is 4.68 Å². The van der Waals surface area contributed by atoms with Gasteiger partial charge in [-0.05, 0) is 52.1 Å². The second-order valence-electron chi connectivity index (χ2n) is 6.20. The normalized spacial score (nSPS) is 25.7. The van der Waals surface area contributed by atoms with Crippen molar-refractivity contribution >= 4 is 0 Å². The molecule has 2 aliphatic rings. The summed E-state index contributed by atoms with van der Waals surface area (Å²) in [5, 5.41) is 8.04. The highest BCUT2D eigenvalue weighted by atomic mass is 15.4. The Hall–Kier alpha value is -0.940. The first kappa shape index (κ1) is 13.1. The molecule has 0 bridgehead atoms. The molecule has 1 aliphatic heterocycles. The molecule has 1 saturated heterocycles. The molecule has 1 aliphatic carbocycles. The van der Waals surface area contributed by atoms with Gasteiger partial charge in [0.1, 0.15) is 12.2 Å². The van der Waals surface area contributed by atoms with Gasteiger partial charge >= 0.3 is 0 Å². The van der Waals surface area contributed by atoms with Gasteiger partial charge in [0.2, 0.25) is 0 Å². The first-order valence-corrected chi connectivity index (χ1v) is 7.58. The van der Waals surface area contributed by atoms with E-state index >= 15 is 0 Å². The number of hydrogen-bond donors (Lipinski definition) is 1. The lowest BCUT2D eigenvalue weighted by atomic mass is 10.2. The lowest BCUT2D eigenvalue weighted by molar-refractivity contribution is 0.238. The van der Waals surface area contributed by atoms with E-state index in [1.54, 1.807) is 6.33 Å². The Morgan fingerprint density at radius 1 is 1.42 bits per heavy atom. The van der Waals surface area contributed by atoms with E-state index in [4.69, 9.17) is 0 Å². The largest absolute Gasteiger partial charge is 0.312 e. The Labute approximate surface area is 115 Å². The van der Waals surface area contributed by atoms with Gasteiger partial charge in [-0.25, -0.2) is 9.67 Å². The fourth-order valence-electron chi connectivity index (χ4n) is 3.00. The molecule has 5 nitrogen and oxygen atoms in total. The van der Waals surface area contributed by atoms with E-state index in [2.05, 4.69) is 34.1 Å². The summed E-state index contributed by atoms with van der Waals surface area (Å²) in [5.74, 6) is 2.02. The fraction of sp³-hybridized carbons (Fsp3) is 0.857. The molecule has 1 aromatic rings. The van der Waals surface area contributed by atoms with E-state index in [1.165, 1.54) is 25.8 Å². The Balaban J connectivity index is 1.65. The summed E-state index contributed by atoms with van der Waals surface area (Å²) in [5.41, 5.74) is 0. The van der Waals surface area contributed by atoms with E-state index in [0.29, 0.717) is 12.1 Å². The van der Waals surface area contributed by atoms with E-state index in [9.17, 15) is 0 Å². The van der Waals surface area contributed by atoms with Crippen LogP contribution in [0.3, 0.4) is 0 Å². The smallest absolute Gasteiger partial charge is 0.141 e. The Kier molecular flexibility index (Phi) is 3.84. The van der Waals surface area contributed by atoms with Crippen LogP contribution in [-0.4, -0.2) is 45.3 Å². The maximum atomic E-state index is 4.44. The average molecular weight is 263 g/mol. The van der Waals surface area contributed by atoms with Gasteiger partial charge in [-0.2, -0.15) is 5.10 Å². The molecule has 3 rings (SSSR count). The van der Waals surface area contributed by atoms with Gasteiger partial charge in [0.05, 0.1) is 6.54 Å². The molecule has 1 saturated carbocycles. The summed E-state index contributed by atoms with van der Waals surface area (Å²) in [4.78, 5) is 6.98. The molecule has 5 heteroatoms. The summed E-state index contributed by atoms with van der Waals surface area (Å²) < 4.78 is 2.05. The van der Waals surface area contributed by atoms with Crippen LogP contribution in [-0.2, 0) is 6.54 Å². The van der Waals surface area contributed by atoms with E-state index in [-0.39, 0.29) is 0 Å². The zero-order valence-corrected chi connectivity index (χ0v) is 12.0. The van der Waals surface area contributed by atoms with Crippen molar-refractivity contribution in [2.75, 3.05) is 19.6 Å². The lowest BCUT2D eigenvalue weighted by Crippen LogP contribution is -2.39. The van der Waals surface area contributed by atoms with Crippen LogP contribution in [0.25, 0.3) is 0 Å². The third-order valence-electron chi connectivity index (χ3n) is 4.21. The van der Waals surface area contributed by atoms with Crippen molar-refractivity contribution in [2.45, 2.75) is 51.7 Å². The molecule has 19 heavy (non-hydrogen) atoms. The summed E-state index contributed by atoms with van der Waals surface area (Å²) in [6.45, 7) is 8.75. The SMILES string of the molecule is CC(C)n1ncnc1CN1CCCNC(C2CC2)C1. The number of rotatable bonds is 4. The van der Waals surface area contributed by atoms with Gasteiger partial charge in [-0.15, -0.1) is 0 Å². The number of nitrogens with one attached hydrogen (secondary N) is 1. The van der Waals surface area contributed by atoms with Crippen LogP contribution in [0.1, 0.15) is 45.0 Å². The molecule has 0 aromatic carbocycles. The monoisotopic (exact) mass is 263 g/mol. The molecule has 0 amide bonds. The minimum atomic E-state index is 0.391. The minimum Gasteiger partial charge on any atom is -0.312 e. The minimum absolute atomic E-state index is 0.391. The van der Waals surface area contributed by atoms with Gasteiger partial charge in [0.15, 0.2) is 0 Å². The molecule has 0 radical (unpaired) electrons. The molecule has 2 heterocycles. The van der Waals surface area contributed by atoms with E-state index in [0.717, 1.165) is 31.4 Å². The second-order valence-corrected chi connectivity index (χ2v) is 6.20. The third-order valence-corrected chi connectivity index (χ3v) is 4.21. The number of nitrogens with zero attached hydrogens (tertiary/aromatic N) is 4. The number of aromatic nitrogens is 3. The molecule has 1 aromatic heterocycles. The zero-order valence-electron chi connectivity index (χ0n) is 12.0. The van der Waals surface area contributed by atoms with Gasteiger partial charge in [0.25, 0.3) is 0 Å². The van der Waals surface area contributed by atoms with Crippen LogP contribution in [0.15, 0.2) is 6.33 Å². The molecule has 1 unspecified atom stereocenters. The molecular formula is C14H25N5. The van der Waals surface area contributed by atoms with Crippen molar-refractivity contribution in [3.05, 3.63) is 12.2 Å². The quantitative estimate of drug-likeness (QED) is 0.893. The van der Waals surface area contributed by atoms with Crippen LogP contribution >= 0.6 is 0 Å². The van der Waals surface area contributed by atoms with Crippen LogP contribution in [0, 0.1) is 5.92 Å². The maximum Gasteiger partial charge on any atom is 0.141 e. The van der Waals surface area contributed by atoms with Crippen LogP contribution < -0.4 is 5.32 Å². The predicted molar refractivity (Wildman–Crippen MR) is 74.8 cm³/mol. The lowest BCUT2D eigenvalue weighted by Gasteiger charge is -2.24. The molecule has 106 valence electrons.